The van der Waals surface area contributed by atoms with Crippen molar-refractivity contribution in [3.63, 3.8) is 0 Å². The number of rotatable bonds is 3. The van der Waals surface area contributed by atoms with E-state index in [1.54, 1.807) is 17.9 Å². The fraction of sp³-hybridized carbons (Fsp3) is 0.300. The van der Waals surface area contributed by atoms with Crippen molar-refractivity contribution in [3.8, 4) is 17.3 Å². The fourth-order valence-electron chi connectivity index (χ4n) is 1.24. The van der Waals surface area contributed by atoms with Crippen LogP contribution in [0.4, 0.5) is 0 Å². The van der Waals surface area contributed by atoms with E-state index in [0.29, 0.717) is 5.88 Å². The molecule has 0 spiro atoms. The zero-order valence-electron chi connectivity index (χ0n) is 8.71. The second-order valence-corrected chi connectivity index (χ2v) is 3.02. The van der Waals surface area contributed by atoms with Crippen LogP contribution in [0.15, 0.2) is 24.4 Å². The van der Waals surface area contributed by atoms with Gasteiger partial charge in [0, 0.05) is 12.6 Å². The maximum Gasteiger partial charge on any atom is 0.213 e. The molecule has 0 aliphatic heterocycles. The molecule has 0 amide bonds. The lowest BCUT2D eigenvalue weighted by Gasteiger charge is -1.99. The van der Waals surface area contributed by atoms with Crippen molar-refractivity contribution in [2.45, 2.75) is 13.5 Å². The van der Waals surface area contributed by atoms with E-state index in [-0.39, 0.29) is 0 Å². The number of hydrogen-bond donors (Lipinski definition) is 0. The molecule has 0 aliphatic rings. The smallest absolute Gasteiger partial charge is 0.213 e. The molecule has 0 fully saturated rings. The third-order valence-corrected chi connectivity index (χ3v) is 2.06. The number of methoxy groups -OCH3 is 1. The summed E-state index contributed by atoms with van der Waals surface area (Å²) < 4.78 is 6.80. The van der Waals surface area contributed by atoms with Gasteiger partial charge in [0.05, 0.1) is 19.0 Å². The van der Waals surface area contributed by atoms with Crippen LogP contribution >= 0.6 is 0 Å². The molecule has 2 rings (SSSR count). The first kappa shape index (κ1) is 9.64. The predicted molar refractivity (Wildman–Crippen MR) is 55.5 cm³/mol. The number of nitrogens with zero attached hydrogens (tertiary/aromatic N) is 4. The van der Waals surface area contributed by atoms with Gasteiger partial charge >= 0.3 is 0 Å². The van der Waals surface area contributed by atoms with Gasteiger partial charge in [-0.3, -0.25) is 4.68 Å². The van der Waals surface area contributed by atoms with Gasteiger partial charge in [-0.1, -0.05) is 11.3 Å². The van der Waals surface area contributed by atoms with Gasteiger partial charge < -0.3 is 4.74 Å². The lowest BCUT2D eigenvalue weighted by molar-refractivity contribution is 0.398. The normalized spacial score (nSPS) is 10.3. The lowest BCUT2D eigenvalue weighted by atomic mass is 10.3. The molecule has 0 aliphatic carbocycles. The second kappa shape index (κ2) is 4.08. The van der Waals surface area contributed by atoms with E-state index in [1.165, 1.54) is 0 Å². The molecule has 0 N–H and O–H groups in total. The highest BCUT2D eigenvalue weighted by Gasteiger charge is 2.05. The number of aryl methyl sites for hydroxylation is 1. The third kappa shape index (κ3) is 1.96. The highest BCUT2D eigenvalue weighted by Crippen LogP contribution is 2.16. The maximum atomic E-state index is 5.04. The van der Waals surface area contributed by atoms with Gasteiger partial charge in [-0.15, -0.1) is 5.10 Å². The molecule has 0 saturated heterocycles. The predicted octanol–water partition coefficient (Wildman–Crippen LogP) is 1.37. The third-order valence-electron chi connectivity index (χ3n) is 2.06. The van der Waals surface area contributed by atoms with Crippen LogP contribution in [0, 0.1) is 0 Å². The molecule has 0 atom stereocenters. The Morgan fingerprint density at radius 2 is 2.20 bits per heavy atom. The molecule has 2 aromatic rings. The van der Waals surface area contributed by atoms with Gasteiger partial charge in [0.25, 0.3) is 0 Å². The Bertz CT molecular complexity index is 452. The van der Waals surface area contributed by atoms with Crippen molar-refractivity contribution in [1.29, 1.82) is 0 Å². The van der Waals surface area contributed by atoms with Gasteiger partial charge in [-0.05, 0) is 13.0 Å². The van der Waals surface area contributed by atoms with Crippen molar-refractivity contribution in [3.05, 3.63) is 24.4 Å². The van der Waals surface area contributed by atoms with E-state index in [0.717, 1.165) is 17.9 Å². The summed E-state index contributed by atoms with van der Waals surface area (Å²) in [5.41, 5.74) is 1.53. The number of aromatic nitrogens is 4. The van der Waals surface area contributed by atoms with E-state index in [2.05, 4.69) is 15.3 Å². The van der Waals surface area contributed by atoms with E-state index in [9.17, 15) is 0 Å². The van der Waals surface area contributed by atoms with Crippen molar-refractivity contribution in [2.24, 2.45) is 0 Å². The Morgan fingerprint density at radius 3 is 2.87 bits per heavy atom. The quantitative estimate of drug-likeness (QED) is 0.757. The standard InChI is InChI=1S/C10H12N4O/c1-3-14-7-9(12-13-14)8-5-4-6-10(11-8)15-2/h4-7H,3H2,1-2H3. The molecule has 2 heterocycles. The van der Waals surface area contributed by atoms with Crippen LogP contribution in [0.1, 0.15) is 6.92 Å². The van der Waals surface area contributed by atoms with Crippen LogP contribution in [0.25, 0.3) is 11.4 Å². The zero-order valence-corrected chi connectivity index (χ0v) is 8.71. The van der Waals surface area contributed by atoms with E-state index >= 15 is 0 Å². The minimum absolute atomic E-state index is 0.582. The summed E-state index contributed by atoms with van der Waals surface area (Å²) >= 11 is 0. The Balaban J connectivity index is 2.35. The van der Waals surface area contributed by atoms with Crippen LogP contribution in [0.2, 0.25) is 0 Å². The SMILES string of the molecule is CCn1cc(-c2cccc(OC)n2)nn1. The summed E-state index contributed by atoms with van der Waals surface area (Å²) in [5.74, 6) is 0.582. The molecule has 0 saturated carbocycles. The highest BCUT2D eigenvalue weighted by atomic mass is 16.5. The Kier molecular flexibility index (Phi) is 2.62. The Labute approximate surface area is 87.7 Å². The minimum Gasteiger partial charge on any atom is -0.481 e. The maximum absolute atomic E-state index is 5.04. The number of pyridine rings is 1. The Hall–Kier alpha value is -1.91. The molecule has 0 unspecified atom stereocenters. The van der Waals surface area contributed by atoms with Crippen molar-refractivity contribution < 1.29 is 4.74 Å². The van der Waals surface area contributed by atoms with Crippen LogP contribution in [-0.2, 0) is 6.54 Å². The highest BCUT2D eigenvalue weighted by molar-refractivity contribution is 5.52. The topological polar surface area (TPSA) is 52.8 Å². The van der Waals surface area contributed by atoms with Gasteiger partial charge in [-0.2, -0.15) is 0 Å². The average molecular weight is 204 g/mol. The van der Waals surface area contributed by atoms with Crippen molar-refractivity contribution >= 4 is 0 Å². The Morgan fingerprint density at radius 1 is 1.33 bits per heavy atom. The van der Waals surface area contributed by atoms with Crippen molar-refractivity contribution in [1.82, 2.24) is 20.0 Å². The lowest BCUT2D eigenvalue weighted by Crippen LogP contribution is -1.93. The molecule has 0 aromatic carbocycles. The van der Waals surface area contributed by atoms with E-state index in [1.807, 2.05) is 25.3 Å². The summed E-state index contributed by atoms with van der Waals surface area (Å²) in [6.45, 7) is 2.81. The largest absolute Gasteiger partial charge is 0.481 e. The molecule has 0 bridgehead atoms. The summed E-state index contributed by atoms with van der Waals surface area (Å²) in [4.78, 5) is 4.27. The average Bonchev–Trinajstić information content (AvgIpc) is 2.78. The molecule has 0 radical (unpaired) electrons. The first-order valence-electron chi connectivity index (χ1n) is 4.75. The second-order valence-electron chi connectivity index (χ2n) is 3.02. The summed E-state index contributed by atoms with van der Waals surface area (Å²) in [6.07, 6.45) is 1.86. The first-order chi connectivity index (χ1) is 7.33. The zero-order chi connectivity index (χ0) is 10.7. The summed E-state index contributed by atoms with van der Waals surface area (Å²) in [7, 11) is 1.59. The molecular formula is C10H12N4O. The monoisotopic (exact) mass is 204 g/mol. The molecule has 78 valence electrons. The van der Waals surface area contributed by atoms with E-state index < -0.39 is 0 Å². The summed E-state index contributed by atoms with van der Waals surface area (Å²) in [6, 6.07) is 5.56. The number of hydrogen-bond acceptors (Lipinski definition) is 4. The van der Waals surface area contributed by atoms with Crippen molar-refractivity contribution in [2.75, 3.05) is 7.11 Å². The number of ether oxygens (including phenoxy) is 1. The first-order valence-corrected chi connectivity index (χ1v) is 4.75. The van der Waals surface area contributed by atoms with Crippen LogP contribution in [-0.4, -0.2) is 27.1 Å². The van der Waals surface area contributed by atoms with Crippen LogP contribution < -0.4 is 4.74 Å². The van der Waals surface area contributed by atoms with Gasteiger partial charge in [0.1, 0.15) is 5.69 Å². The van der Waals surface area contributed by atoms with Crippen LogP contribution in [0.3, 0.4) is 0 Å². The minimum atomic E-state index is 0.582. The van der Waals surface area contributed by atoms with Crippen LogP contribution in [0.5, 0.6) is 5.88 Å². The molecule has 15 heavy (non-hydrogen) atoms. The molecule has 5 nitrogen and oxygen atoms in total. The fourth-order valence-corrected chi connectivity index (χ4v) is 1.24. The van der Waals surface area contributed by atoms with E-state index in [4.69, 9.17) is 4.74 Å². The van der Waals surface area contributed by atoms with Gasteiger partial charge in [-0.25, -0.2) is 4.98 Å². The molecule has 2 aromatic heterocycles. The molecular weight excluding hydrogens is 192 g/mol. The summed E-state index contributed by atoms with van der Waals surface area (Å²) in [5, 5.41) is 7.98. The van der Waals surface area contributed by atoms with Gasteiger partial charge in [0.2, 0.25) is 5.88 Å². The molecule has 5 heteroatoms. The van der Waals surface area contributed by atoms with Gasteiger partial charge in [0.15, 0.2) is 0 Å².